The lowest BCUT2D eigenvalue weighted by atomic mass is 10.1. The van der Waals surface area contributed by atoms with E-state index in [4.69, 9.17) is 22.7 Å². The third-order valence-corrected chi connectivity index (χ3v) is 3.99. The van der Waals surface area contributed by atoms with E-state index in [9.17, 15) is 18.0 Å². The molecule has 0 unspecified atom stereocenters. The summed E-state index contributed by atoms with van der Waals surface area (Å²) in [6.07, 6.45) is -2.04. The van der Waals surface area contributed by atoms with Crippen LogP contribution >= 0.6 is 12.2 Å². The molecule has 0 saturated carbocycles. The molecule has 2 rings (SSSR count). The minimum atomic E-state index is -4.75. The van der Waals surface area contributed by atoms with Gasteiger partial charge in [-0.15, -0.1) is 13.2 Å². The van der Waals surface area contributed by atoms with Gasteiger partial charge < -0.3 is 20.5 Å². The number of benzene rings is 2. The quantitative estimate of drug-likeness (QED) is 0.161. The van der Waals surface area contributed by atoms with Gasteiger partial charge in [-0.2, -0.15) is 5.10 Å². The molecule has 180 valence electrons. The van der Waals surface area contributed by atoms with Gasteiger partial charge in [0.25, 0.3) is 0 Å². The Labute approximate surface area is 198 Å². The van der Waals surface area contributed by atoms with Crippen LogP contribution in [0.2, 0.25) is 0 Å². The number of esters is 1. The molecular formula is C21H21F3N6O3S. The molecule has 0 spiro atoms. The zero-order valence-electron chi connectivity index (χ0n) is 17.9. The van der Waals surface area contributed by atoms with E-state index in [0.29, 0.717) is 11.3 Å². The van der Waals surface area contributed by atoms with Crippen molar-refractivity contribution in [3.8, 4) is 5.75 Å². The van der Waals surface area contributed by atoms with Crippen molar-refractivity contribution in [2.45, 2.75) is 13.3 Å². The topological polar surface area (TPSA) is 123 Å². The van der Waals surface area contributed by atoms with Crippen LogP contribution in [-0.2, 0) is 9.53 Å². The van der Waals surface area contributed by atoms with Crippen molar-refractivity contribution in [2.75, 3.05) is 13.2 Å². The highest BCUT2D eigenvalue weighted by Gasteiger charge is 2.30. The van der Waals surface area contributed by atoms with Crippen LogP contribution in [0.5, 0.6) is 5.75 Å². The minimum absolute atomic E-state index is 0.0659. The van der Waals surface area contributed by atoms with Gasteiger partial charge in [0.15, 0.2) is 5.11 Å². The molecule has 34 heavy (non-hydrogen) atoms. The summed E-state index contributed by atoms with van der Waals surface area (Å²) in [4.78, 5) is 19.3. The molecule has 0 heterocycles. The lowest BCUT2D eigenvalue weighted by Crippen LogP contribution is -2.36. The third-order valence-electron chi connectivity index (χ3n) is 3.76. The Bertz CT molecular complexity index is 1050. The Morgan fingerprint density at radius 3 is 2.44 bits per heavy atom. The highest BCUT2D eigenvalue weighted by atomic mass is 32.1. The number of alkyl halides is 3. The zero-order valence-corrected chi connectivity index (χ0v) is 18.7. The van der Waals surface area contributed by atoms with E-state index in [-0.39, 0.29) is 29.8 Å². The fourth-order valence-electron chi connectivity index (χ4n) is 2.28. The number of hydrazone groups is 1. The highest BCUT2D eigenvalue weighted by Crippen LogP contribution is 2.24. The first-order valence-electron chi connectivity index (χ1n) is 9.71. The number of aliphatic imine (C=N–C) groups is 2. The average molecular weight is 494 g/mol. The molecule has 0 atom stereocenters. The lowest BCUT2D eigenvalue weighted by molar-refractivity contribution is -0.274. The van der Waals surface area contributed by atoms with Crippen LogP contribution in [0.3, 0.4) is 0 Å². The standard InChI is InChI=1S/C21H21F3N6O3S/c1-2-32-18(31)12-26-20(34)30-29-11-14-3-5-15(6-4-14)19(25)28-13-27-16-7-9-17(10-8-16)33-21(22,23)24/h3-11,13H,2,12H2,1H3,(H2,25,27,28)(H2,26,30,34)/b29-11+. The molecular weight excluding hydrogens is 473 g/mol. The molecule has 0 bridgehead atoms. The number of nitrogens with zero attached hydrogens (tertiary/aromatic N) is 3. The maximum absolute atomic E-state index is 12.2. The van der Waals surface area contributed by atoms with E-state index >= 15 is 0 Å². The molecule has 0 aliphatic heterocycles. The van der Waals surface area contributed by atoms with Crippen LogP contribution < -0.4 is 21.2 Å². The summed E-state index contributed by atoms with van der Waals surface area (Å²) in [6.45, 7) is 1.93. The van der Waals surface area contributed by atoms with E-state index in [2.05, 4.69) is 30.6 Å². The fourth-order valence-corrected chi connectivity index (χ4v) is 2.40. The molecule has 2 aromatic carbocycles. The van der Waals surface area contributed by atoms with E-state index in [1.54, 1.807) is 31.2 Å². The van der Waals surface area contributed by atoms with Gasteiger partial charge in [0.1, 0.15) is 24.5 Å². The van der Waals surface area contributed by atoms with Crippen LogP contribution in [0.25, 0.3) is 0 Å². The maximum atomic E-state index is 12.2. The number of ether oxygens (including phenoxy) is 2. The number of halogens is 3. The van der Waals surface area contributed by atoms with Gasteiger partial charge in [-0.25, -0.2) is 9.98 Å². The highest BCUT2D eigenvalue weighted by molar-refractivity contribution is 7.80. The molecule has 0 amide bonds. The Morgan fingerprint density at radius 2 is 1.82 bits per heavy atom. The van der Waals surface area contributed by atoms with E-state index in [1.807, 2.05) is 0 Å². The number of nitrogens with one attached hydrogen (secondary N) is 2. The fraction of sp³-hybridized carbons (Fsp3) is 0.190. The first kappa shape index (κ1) is 26.3. The molecule has 9 nitrogen and oxygen atoms in total. The van der Waals surface area contributed by atoms with Gasteiger partial charge in [-0.3, -0.25) is 10.2 Å². The van der Waals surface area contributed by atoms with Gasteiger partial charge in [0, 0.05) is 5.56 Å². The van der Waals surface area contributed by atoms with Gasteiger partial charge in [0.2, 0.25) is 0 Å². The van der Waals surface area contributed by atoms with Gasteiger partial charge >= 0.3 is 12.3 Å². The van der Waals surface area contributed by atoms with Gasteiger partial charge in [0.05, 0.1) is 18.5 Å². The third kappa shape index (κ3) is 10.1. The summed E-state index contributed by atoms with van der Waals surface area (Å²) >= 11 is 4.99. The van der Waals surface area contributed by atoms with Crippen LogP contribution in [0.1, 0.15) is 18.1 Å². The number of hydrogen-bond donors (Lipinski definition) is 3. The Kier molecular flexibility index (Phi) is 9.95. The monoisotopic (exact) mass is 494 g/mol. The number of amidine groups is 1. The molecule has 0 aliphatic rings. The number of thiocarbonyl (C=S) groups is 1. The van der Waals surface area contributed by atoms with Crippen molar-refractivity contribution in [3.63, 3.8) is 0 Å². The van der Waals surface area contributed by atoms with Gasteiger partial charge in [-0.05, 0) is 49.0 Å². The minimum Gasteiger partial charge on any atom is -0.465 e. The SMILES string of the molecule is CCOC(=O)CNC(=S)N/N=C/c1ccc(C(N)=NC=Nc2ccc(OC(F)(F)F)cc2)cc1. The zero-order chi connectivity index (χ0) is 25.0. The summed E-state index contributed by atoms with van der Waals surface area (Å²) in [6, 6.07) is 11.9. The average Bonchev–Trinajstić information content (AvgIpc) is 2.78. The van der Waals surface area contributed by atoms with Crippen molar-refractivity contribution >= 4 is 47.4 Å². The van der Waals surface area contributed by atoms with E-state index in [0.717, 1.165) is 17.7 Å². The number of carbonyl (C=O) groups is 1. The van der Waals surface area contributed by atoms with Crippen molar-refractivity contribution in [1.29, 1.82) is 0 Å². The second-order valence-electron chi connectivity index (χ2n) is 6.28. The Balaban J connectivity index is 1.85. The predicted molar refractivity (Wildman–Crippen MR) is 126 cm³/mol. The lowest BCUT2D eigenvalue weighted by Gasteiger charge is -2.08. The molecule has 13 heteroatoms. The van der Waals surface area contributed by atoms with Crippen LogP contribution in [0.4, 0.5) is 18.9 Å². The van der Waals surface area contributed by atoms with E-state index in [1.165, 1.54) is 24.7 Å². The molecule has 0 radical (unpaired) electrons. The largest absolute Gasteiger partial charge is 0.573 e. The molecule has 0 saturated heterocycles. The Hall–Kier alpha value is -4.00. The summed E-state index contributed by atoms with van der Waals surface area (Å²) in [7, 11) is 0. The predicted octanol–water partition coefficient (Wildman–Crippen LogP) is 3.01. The van der Waals surface area contributed by atoms with Gasteiger partial charge in [-0.1, -0.05) is 24.3 Å². The van der Waals surface area contributed by atoms with Crippen molar-refractivity contribution < 1.29 is 27.4 Å². The summed E-state index contributed by atoms with van der Waals surface area (Å²) in [5.74, 6) is -0.584. The number of rotatable bonds is 9. The van der Waals surface area contributed by atoms with Crippen molar-refractivity contribution in [1.82, 2.24) is 10.7 Å². The summed E-state index contributed by atoms with van der Waals surface area (Å²) < 4.78 is 45.1. The molecule has 0 aliphatic carbocycles. The number of hydrogen-bond acceptors (Lipinski definition) is 6. The normalized spacial score (nSPS) is 12.1. The molecule has 0 fully saturated rings. The smallest absolute Gasteiger partial charge is 0.465 e. The molecule has 0 aromatic heterocycles. The van der Waals surface area contributed by atoms with Crippen molar-refractivity contribution in [3.05, 3.63) is 59.7 Å². The van der Waals surface area contributed by atoms with Crippen LogP contribution in [0.15, 0.2) is 63.6 Å². The summed E-state index contributed by atoms with van der Waals surface area (Å²) in [5, 5.41) is 6.79. The molecule has 2 aromatic rings. The van der Waals surface area contributed by atoms with Crippen molar-refractivity contribution in [2.24, 2.45) is 20.8 Å². The second kappa shape index (κ2) is 12.9. The number of nitrogens with two attached hydrogens (primary N) is 1. The van der Waals surface area contributed by atoms with E-state index < -0.39 is 12.3 Å². The second-order valence-corrected chi connectivity index (χ2v) is 6.69. The Morgan fingerprint density at radius 1 is 1.15 bits per heavy atom. The van der Waals surface area contributed by atoms with Crippen LogP contribution in [0, 0.1) is 0 Å². The first-order chi connectivity index (χ1) is 16.2. The number of carbonyl (C=O) groups excluding carboxylic acids is 1. The maximum Gasteiger partial charge on any atom is 0.573 e. The molecule has 4 N–H and O–H groups in total. The summed E-state index contributed by atoms with van der Waals surface area (Å²) in [5.41, 5.74) is 10.2. The van der Waals surface area contributed by atoms with Crippen LogP contribution in [-0.4, -0.2) is 49.0 Å². The first-order valence-corrected chi connectivity index (χ1v) is 10.1.